The molecule has 1 unspecified atom stereocenters. The number of thiophene rings is 1. The number of amides is 2. The molecule has 6 heteroatoms. The van der Waals surface area contributed by atoms with Gasteiger partial charge in [-0.2, -0.15) is 0 Å². The highest BCUT2D eigenvalue weighted by Crippen LogP contribution is 2.24. The lowest BCUT2D eigenvalue weighted by molar-refractivity contribution is -0.126. The molecule has 0 radical (unpaired) electrons. The fraction of sp³-hybridized carbons (Fsp3) is 0.500. The zero-order valence-corrected chi connectivity index (χ0v) is 18.2. The topological polar surface area (TPSA) is 58.6 Å². The van der Waals surface area contributed by atoms with Crippen LogP contribution in [-0.4, -0.2) is 35.9 Å². The number of nitrogens with zero attached hydrogens (tertiary/aromatic N) is 1. The number of hydrogen-bond acceptors (Lipinski definition) is 4. The normalized spacial score (nSPS) is 20.0. The molecule has 4 rings (SSSR count). The monoisotopic (exact) mass is 426 g/mol. The Morgan fingerprint density at radius 2 is 1.93 bits per heavy atom. The molecule has 30 heavy (non-hydrogen) atoms. The second kappa shape index (κ2) is 10.1. The zero-order chi connectivity index (χ0) is 20.8. The lowest BCUT2D eigenvalue weighted by Gasteiger charge is -2.31. The first-order valence-corrected chi connectivity index (χ1v) is 11.9. The van der Waals surface area contributed by atoms with Crippen molar-refractivity contribution in [3.63, 3.8) is 0 Å². The van der Waals surface area contributed by atoms with Gasteiger partial charge < -0.3 is 15.0 Å². The van der Waals surface area contributed by atoms with Crippen LogP contribution in [0.4, 0.5) is 0 Å². The highest BCUT2D eigenvalue weighted by atomic mass is 32.1. The molecule has 5 nitrogen and oxygen atoms in total. The maximum absolute atomic E-state index is 12.8. The second-order valence-electron chi connectivity index (χ2n) is 8.31. The number of rotatable bonds is 6. The third-order valence-electron chi connectivity index (χ3n) is 6.03. The molecule has 1 aliphatic heterocycles. The molecule has 1 atom stereocenters. The Bertz CT molecular complexity index is 846. The summed E-state index contributed by atoms with van der Waals surface area (Å²) in [4.78, 5) is 27.9. The molecule has 1 saturated carbocycles. The van der Waals surface area contributed by atoms with Crippen LogP contribution < -0.4 is 10.1 Å². The van der Waals surface area contributed by atoms with Crippen LogP contribution >= 0.6 is 11.3 Å². The van der Waals surface area contributed by atoms with Gasteiger partial charge >= 0.3 is 0 Å². The molecule has 2 amide bonds. The second-order valence-corrected chi connectivity index (χ2v) is 9.26. The highest BCUT2D eigenvalue weighted by Gasteiger charge is 2.29. The Balaban J connectivity index is 1.28. The van der Waals surface area contributed by atoms with Gasteiger partial charge in [0.25, 0.3) is 5.91 Å². The summed E-state index contributed by atoms with van der Waals surface area (Å²) in [7, 11) is 0. The van der Waals surface area contributed by atoms with E-state index >= 15 is 0 Å². The summed E-state index contributed by atoms with van der Waals surface area (Å²) in [6, 6.07) is 11.8. The number of benzene rings is 1. The molecular formula is C24H30N2O3S. The Morgan fingerprint density at radius 3 is 2.73 bits per heavy atom. The van der Waals surface area contributed by atoms with Gasteiger partial charge in [0.05, 0.1) is 16.9 Å². The number of carbonyl (C=O) groups excluding carboxylic acids is 2. The average molecular weight is 427 g/mol. The van der Waals surface area contributed by atoms with Crippen molar-refractivity contribution in [2.24, 2.45) is 5.92 Å². The van der Waals surface area contributed by atoms with E-state index in [0.29, 0.717) is 19.2 Å². The van der Waals surface area contributed by atoms with E-state index in [1.165, 1.54) is 30.6 Å². The Kier molecular flexibility index (Phi) is 7.05. The van der Waals surface area contributed by atoms with Crippen LogP contribution in [0.5, 0.6) is 5.75 Å². The summed E-state index contributed by atoms with van der Waals surface area (Å²) in [6.45, 7) is 1.70. The van der Waals surface area contributed by atoms with Crippen LogP contribution in [0.2, 0.25) is 0 Å². The van der Waals surface area contributed by atoms with E-state index in [-0.39, 0.29) is 17.7 Å². The van der Waals surface area contributed by atoms with Crippen molar-refractivity contribution in [3.05, 3.63) is 52.2 Å². The standard InChI is InChI=1S/C24H30N2O3S/c27-23(19-8-5-13-26(17-19)24(28)22-12-6-14-30-22)25-16-18-7-4-11-21(15-18)29-20-9-2-1-3-10-20/h4,6-7,11-12,14-15,19-20H,1-3,5,8-10,13,16-17H2,(H,25,27). The first-order chi connectivity index (χ1) is 14.7. The SMILES string of the molecule is O=C(NCc1cccc(OC2CCCCC2)c1)C1CCCN(C(=O)c2cccs2)C1. The van der Waals surface area contributed by atoms with Gasteiger partial charge in [0.15, 0.2) is 0 Å². The predicted molar refractivity (Wildman–Crippen MR) is 119 cm³/mol. The van der Waals surface area contributed by atoms with E-state index in [1.54, 1.807) is 0 Å². The van der Waals surface area contributed by atoms with Crippen molar-refractivity contribution in [1.82, 2.24) is 10.2 Å². The Hall–Kier alpha value is -2.34. The molecule has 2 aromatic rings. The van der Waals surface area contributed by atoms with Gasteiger partial charge in [-0.3, -0.25) is 9.59 Å². The van der Waals surface area contributed by atoms with E-state index in [9.17, 15) is 9.59 Å². The van der Waals surface area contributed by atoms with E-state index in [4.69, 9.17) is 4.74 Å². The van der Waals surface area contributed by atoms with Crippen LogP contribution in [0.3, 0.4) is 0 Å². The van der Waals surface area contributed by atoms with Gasteiger partial charge in [-0.05, 0) is 67.7 Å². The molecule has 0 spiro atoms. The van der Waals surface area contributed by atoms with Gasteiger partial charge in [-0.1, -0.05) is 24.6 Å². The van der Waals surface area contributed by atoms with Crippen molar-refractivity contribution in [2.75, 3.05) is 13.1 Å². The smallest absolute Gasteiger partial charge is 0.263 e. The average Bonchev–Trinajstić information content (AvgIpc) is 3.33. The summed E-state index contributed by atoms with van der Waals surface area (Å²) in [6.07, 6.45) is 8.06. The maximum atomic E-state index is 12.8. The summed E-state index contributed by atoms with van der Waals surface area (Å²) in [5.74, 6) is 0.802. The molecule has 2 aliphatic rings. The largest absolute Gasteiger partial charge is 0.490 e. The summed E-state index contributed by atoms with van der Waals surface area (Å²) >= 11 is 1.45. The first-order valence-electron chi connectivity index (χ1n) is 11.0. The summed E-state index contributed by atoms with van der Waals surface area (Å²) < 4.78 is 6.14. The van der Waals surface area contributed by atoms with Gasteiger partial charge in [0.2, 0.25) is 5.91 Å². The lowest BCUT2D eigenvalue weighted by atomic mass is 9.97. The minimum atomic E-state index is -0.149. The van der Waals surface area contributed by atoms with Gasteiger partial charge in [-0.15, -0.1) is 11.3 Å². The van der Waals surface area contributed by atoms with Crippen molar-refractivity contribution >= 4 is 23.2 Å². The van der Waals surface area contributed by atoms with Gasteiger partial charge in [0.1, 0.15) is 5.75 Å². The summed E-state index contributed by atoms with van der Waals surface area (Å²) in [5, 5.41) is 4.97. The van der Waals surface area contributed by atoms with Crippen molar-refractivity contribution < 1.29 is 14.3 Å². The van der Waals surface area contributed by atoms with Crippen LogP contribution in [0.25, 0.3) is 0 Å². The van der Waals surface area contributed by atoms with Crippen molar-refractivity contribution in [1.29, 1.82) is 0 Å². The van der Waals surface area contributed by atoms with Gasteiger partial charge in [-0.25, -0.2) is 0 Å². The summed E-state index contributed by atoms with van der Waals surface area (Å²) in [5.41, 5.74) is 1.04. The molecule has 1 aromatic carbocycles. The van der Waals surface area contributed by atoms with E-state index in [2.05, 4.69) is 5.32 Å². The highest BCUT2D eigenvalue weighted by molar-refractivity contribution is 7.12. The van der Waals surface area contributed by atoms with Crippen LogP contribution in [-0.2, 0) is 11.3 Å². The number of ether oxygens (including phenoxy) is 1. The number of likely N-dealkylation sites (tertiary alicyclic amines) is 1. The van der Waals surface area contributed by atoms with Crippen molar-refractivity contribution in [2.45, 2.75) is 57.6 Å². The Labute approximate surface area is 182 Å². The molecule has 1 N–H and O–H groups in total. The van der Waals surface area contributed by atoms with E-state index < -0.39 is 0 Å². The Morgan fingerprint density at radius 1 is 1.07 bits per heavy atom. The van der Waals surface area contributed by atoms with Crippen LogP contribution in [0.1, 0.15) is 60.2 Å². The number of nitrogens with one attached hydrogen (secondary N) is 1. The fourth-order valence-electron chi connectivity index (χ4n) is 4.37. The maximum Gasteiger partial charge on any atom is 0.263 e. The molecule has 1 aliphatic carbocycles. The fourth-order valence-corrected chi connectivity index (χ4v) is 5.06. The molecule has 1 aromatic heterocycles. The number of hydrogen-bond donors (Lipinski definition) is 1. The zero-order valence-electron chi connectivity index (χ0n) is 17.3. The molecular weight excluding hydrogens is 396 g/mol. The van der Waals surface area contributed by atoms with Crippen LogP contribution in [0, 0.1) is 5.92 Å². The quantitative estimate of drug-likeness (QED) is 0.733. The van der Waals surface area contributed by atoms with Gasteiger partial charge in [0, 0.05) is 19.6 Å². The minimum absolute atomic E-state index is 0.0253. The third kappa shape index (κ3) is 5.42. The first kappa shape index (κ1) is 20.9. The van der Waals surface area contributed by atoms with E-state index in [0.717, 1.165) is 48.4 Å². The van der Waals surface area contributed by atoms with Crippen LogP contribution in [0.15, 0.2) is 41.8 Å². The molecule has 0 bridgehead atoms. The van der Waals surface area contributed by atoms with E-state index in [1.807, 2.05) is 46.7 Å². The predicted octanol–water partition coefficient (Wildman–Crippen LogP) is 4.63. The number of carbonyl (C=O) groups is 2. The molecule has 1 saturated heterocycles. The molecule has 2 fully saturated rings. The van der Waals surface area contributed by atoms with Crippen molar-refractivity contribution in [3.8, 4) is 5.75 Å². The minimum Gasteiger partial charge on any atom is -0.490 e. The third-order valence-corrected chi connectivity index (χ3v) is 6.89. The molecule has 2 heterocycles. The molecule has 160 valence electrons. The number of piperidine rings is 1. The lowest BCUT2D eigenvalue weighted by Crippen LogP contribution is -2.45.